The van der Waals surface area contributed by atoms with Gasteiger partial charge in [0, 0.05) is 6.54 Å². The van der Waals surface area contributed by atoms with Crippen molar-refractivity contribution >= 4 is 11.7 Å². The lowest BCUT2D eigenvalue weighted by Gasteiger charge is -2.10. The van der Waals surface area contributed by atoms with Crippen LogP contribution in [0.2, 0.25) is 0 Å². The van der Waals surface area contributed by atoms with Gasteiger partial charge in [0.05, 0.1) is 11.7 Å². The van der Waals surface area contributed by atoms with Crippen LogP contribution in [0.4, 0.5) is 0 Å². The standard InChI is InChI=1S/C11H17N3O2/c1-5-14-10(6-7(2)13-14)11(16)12-8(3)9(4)15/h6,8H,5H2,1-4H3,(H,12,16). The van der Waals surface area contributed by atoms with Crippen molar-refractivity contribution in [3.8, 4) is 0 Å². The quantitative estimate of drug-likeness (QED) is 0.825. The van der Waals surface area contributed by atoms with Crippen molar-refractivity contribution in [1.82, 2.24) is 15.1 Å². The van der Waals surface area contributed by atoms with Crippen LogP contribution in [0.1, 0.15) is 37.0 Å². The highest BCUT2D eigenvalue weighted by molar-refractivity contribution is 5.96. The summed E-state index contributed by atoms with van der Waals surface area (Å²) in [5, 5.41) is 6.81. The van der Waals surface area contributed by atoms with Crippen molar-refractivity contribution in [2.24, 2.45) is 0 Å². The van der Waals surface area contributed by atoms with Crippen LogP contribution in [-0.4, -0.2) is 27.5 Å². The van der Waals surface area contributed by atoms with Crippen molar-refractivity contribution < 1.29 is 9.59 Å². The van der Waals surface area contributed by atoms with Crippen molar-refractivity contribution in [2.75, 3.05) is 0 Å². The first-order valence-electron chi connectivity index (χ1n) is 5.31. The van der Waals surface area contributed by atoms with Gasteiger partial charge in [0.1, 0.15) is 5.69 Å². The van der Waals surface area contributed by atoms with E-state index in [1.165, 1.54) is 6.92 Å². The normalized spacial score (nSPS) is 12.2. The first-order valence-corrected chi connectivity index (χ1v) is 5.31. The second-order valence-electron chi connectivity index (χ2n) is 3.79. The predicted molar refractivity (Wildman–Crippen MR) is 60.2 cm³/mol. The maximum Gasteiger partial charge on any atom is 0.270 e. The topological polar surface area (TPSA) is 64.0 Å². The molecular weight excluding hydrogens is 206 g/mol. The Hall–Kier alpha value is -1.65. The summed E-state index contributed by atoms with van der Waals surface area (Å²) < 4.78 is 1.62. The first-order chi connectivity index (χ1) is 7.45. The number of aryl methyl sites for hydroxylation is 2. The van der Waals surface area contributed by atoms with Gasteiger partial charge in [0.15, 0.2) is 5.78 Å². The van der Waals surface area contributed by atoms with E-state index in [-0.39, 0.29) is 11.7 Å². The summed E-state index contributed by atoms with van der Waals surface area (Å²) in [6, 6.07) is 1.25. The van der Waals surface area contributed by atoms with E-state index >= 15 is 0 Å². The van der Waals surface area contributed by atoms with Crippen LogP contribution in [-0.2, 0) is 11.3 Å². The predicted octanol–water partition coefficient (Wildman–Crippen LogP) is 0.919. The molecule has 16 heavy (non-hydrogen) atoms. The maximum absolute atomic E-state index is 11.8. The number of carbonyl (C=O) groups excluding carboxylic acids is 2. The third-order valence-corrected chi connectivity index (χ3v) is 2.39. The molecule has 0 aliphatic heterocycles. The molecule has 0 radical (unpaired) electrons. The fourth-order valence-corrected chi connectivity index (χ4v) is 1.34. The average molecular weight is 223 g/mol. The van der Waals surface area contributed by atoms with Gasteiger partial charge >= 0.3 is 0 Å². The summed E-state index contributed by atoms with van der Waals surface area (Å²) in [5.74, 6) is -0.321. The molecule has 0 spiro atoms. The Morgan fingerprint density at radius 3 is 2.69 bits per heavy atom. The van der Waals surface area contributed by atoms with Crippen LogP contribution >= 0.6 is 0 Å². The lowest BCUT2D eigenvalue weighted by molar-refractivity contribution is -0.118. The van der Waals surface area contributed by atoms with Gasteiger partial charge in [-0.3, -0.25) is 14.3 Å². The summed E-state index contributed by atoms with van der Waals surface area (Å²) in [4.78, 5) is 22.9. The molecule has 1 amide bonds. The molecule has 0 saturated heterocycles. The number of carbonyl (C=O) groups is 2. The van der Waals surface area contributed by atoms with Gasteiger partial charge < -0.3 is 5.32 Å². The smallest absolute Gasteiger partial charge is 0.270 e. The lowest BCUT2D eigenvalue weighted by atomic mass is 10.2. The van der Waals surface area contributed by atoms with Crippen LogP contribution in [0, 0.1) is 6.92 Å². The molecule has 5 heteroatoms. The zero-order chi connectivity index (χ0) is 12.3. The Bertz CT molecular complexity index is 409. The molecule has 0 saturated carbocycles. The van der Waals surface area contributed by atoms with Crippen molar-refractivity contribution in [3.05, 3.63) is 17.5 Å². The van der Waals surface area contributed by atoms with Gasteiger partial charge in [0.25, 0.3) is 5.91 Å². The van der Waals surface area contributed by atoms with Crippen LogP contribution in [0.15, 0.2) is 6.07 Å². The highest BCUT2D eigenvalue weighted by Gasteiger charge is 2.16. The summed E-state index contributed by atoms with van der Waals surface area (Å²) in [5.41, 5.74) is 1.29. The molecule has 1 heterocycles. The largest absolute Gasteiger partial charge is 0.341 e. The van der Waals surface area contributed by atoms with Gasteiger partial charge in [-0.25, -0.2) is 0 Å². The van der Waals surface area contributed by atoms with E-state index < -0.39 is 6.04 Å². The Labute approximate surface area is 94.8 Å². The lowest BCUT2D eigenvalue weighted by Crippen LogP contribution is -2.38. The highest BCUT2D eigenvalue weighted by Crippen LogP contribution is 2.04. The second-order valence-corrected chi connectivity index (χ2v) is 3.79. The van der Waals surface area contributed by atoms with E-state index in [9.17, 15) is 9.59 Å². The van der Waals surface area contributed by atoms with Gasteiger partial charge in [-0.05, 0) is 33.8 Å². The van der Waals surface area contributed by atoms with E-state index in [2.05, 4.69) is 10.4 Å². The SMILES string of the molecule is CCn1nc(C)cc1C(=O)NC(C)C(C)=O. The Balaban J connectivity index is 2.84. The molecule has 1 aromatic heterocycles. The van der Waals surface area contributed by atoms with E-state index in [0.29, 0.717) is 12.2 Å². The molecule has 1 aromatic rings. The summed E-state index contributed by atoms with van der Waals surface area (Å²) in [6.07, 6.45) is 0. The number of amides is 1. The molecule has 0 bridgehead atoms. The minimum Gasteiger partial charge on any atom is -0.341 e. The Morgan fingerprint density at radius 1 is 1.56 bits per heavy atom. The average Bonchev–Trinajstić information content (AvgIpc) is 2.59. The van der Waals surface area contributed by atoms with Crippen LogP contribution in [0.3, 0.4) is 0 Å². The van der Waals surface area contributed by atoms with Crippen molar-refractivity contribution in [1.29, 1.82) is 0 Å². The number of rotatable bonds is 4. The summed E-state index contributed by atoms with van der Waals surface area (Å²) in [6.45, 7) is 7.49. The first kappa shape index (κ1) is 12.4. The number of Topliss-reactive ketones (excluding diaryl/α,β-unsaturated/α-hetero) is 1. The van der Waals surface area contributed by atoms with Crippen LogP contribution in [0.5, 0.6) is 0 Å². The van der Waals surface area contributed by atoms with Crippen LogP contribution < -0.4 is 5.32 Å². The number of nitrogens with zero attached hydrogens (tertiary/aromatic N) is 2. The monoisotopic (exact) mass is 223 g/mol. The number of aromatic nitrogens is 2. The molecule has 1 N–H and O–H groups in total. The van der Waals surface area contributed by atoms with Crippen molar-refractivity contribution in [3.63, 3.8) is 0 Å². The molecule has 5 nitrogen and oxygen atoms in total. The Morgan fingerprint density at radius 2 is 2.19 bits per heavy atom. The van der Waals surface area contributed by atoms with Gasteiger partial charge in [-0.2, -0.15) is 5.10 Å². The van der Waals surface area contributed by atoms with Crippen LogP contribution in [0.25, 0.3) is 0 Å². The number of hydrogen-bond acceptors (Lipinski definition) is 3. The third-order valence-electron chi connectivity index (χ3n) is 2.39. The van der Waals surface area contributed by atoms with E-state index in [1.807, 2.05) is 13.8 Å². The molecule has 1 unspecified atom stereocenters. The number of ketones is 1. The molecule has 88 valence electrons. The molecule has 1 rings (SSSR count). The van der Waals surface area contributed by atoms with E-state index in [0.717, 1.165) is 5.69 Å². The minimum atomic E-state index is -0.465. The second kappa shape index (κ2) is 4.92. The molecule has 0 aliphatic rings. The summed E-state index contributed by atoms with van der Waals surface area (Å²) in [7, 11) is 0. The number of hydrogen-bond donors (Lipinski definition) is 1. The fraction of sp³-hybridized carbons (Fsp3) is 0.545. The highest BCUT2D eigenvalue weighted by atomic mass is 16.2. The zero-order valence-corrected chi connectivity index (χ0v) is 10.1. The van der Waals surface area contributed by atoms with E-state index in [4.69, 9.17) is 0 Å². The third kappa shape index (κ3) is 2.68. The molecule has 0 fully saturated rings. The maximum atomic E-state index is 11.8. The summed E-state index contributed by atoms with van der Waals surface area (Å²) >= 11 is 0. The Kier molecular flexibility index (Phi) is 3.82. The molecule has 0 aliphatic carbocycles. The van der Waals surface area contributed by atoms with Crippen molar-refractivity contribution in [2.45, 2.75) is 40.3 Å². The molecular formula is C11H17N3O2. The van der Waals surface area contributed by atoms with Gasteiger partial charge in [-0.15, -0.1) is 0 Å². The van der Waals surface area contributed by atoms with Gasteiger partial charge in [-0.1, -0.05) is 0 Å². The fourth-order valence-electron chi connectivity index (χ4n) is 1.34. The van der Waals surface area contributed by atoms with Gasteiger partial charge in [0.2, 0.25) is 0 Å². The minimum absolute atomic E-state index is 0.0624. The van der Waals surface area contributed by atoms with E-state index in [1.54, 1.807) is 17.7 Å². The molecule has 0 aromatic carbocycles. The molecule has 1 atom stereocenters. The zero-order valence-electron chi connectivity index (χ0n) is 10.1. The number of nitrogens with one attached hydrogen (secondary N) is 1.